The molecule has 0 aliphatic carbocycles. The number of phenolic OH excluding ortho intramolecular Hbond substituents is 1. The largest absolute Gasteiger partial charge is 0.508 e. The number of allylic oxidation sites excluding steroid dienone is 2. The maximum atomic E-state index is 10.3. The zero-order valence-electron chi connectivity index (χ0n) is 15.4. The van der Waals surface area contributed by atoms with Crippen molar-refractivity contribution in [2.75, 3.05) is 6.61 Å². The average molecular weight is 405 g/mol. The second-order valence-electron chi connectivity index (χ2n) is 6.83. The molecule has 2 aromatic carbocycles. The summed E-state index contributed by atoms with van der Waals surface area (Å²) in [7, 11) is 0. The van der Waals surface area contributed by atoms with E-state index in [2.05, 4.69) is 0 Å². The first-order chi connectivity index (χ1) is 13.6. The summed E-state index contributed by atoms with van der Waals surface area (Å²) in [5.74, 6) is 0.187. The molecule has 5 nitrogen and oxygen atoms in total. The third kappa shape index (κ3) is 5.34. The number of hydrogen-bond donors (Lipinski definition) is 3. The summed E-state index contributed by atoms with van der Waals surface area (Å²) in [6, 6.07) is 14.5. The molecule has 3 atom stereocenters. The molecule has 1 aliphatic heterocycles. The van der Waals surface area contributed by atoms with Crippen LogP contribution in [0, 0.1) is 5.92 Å². The van der Waals surface area contributed by atoms with Gasteiger partial charge in [0.1, 0.15) is 5.75 Å². The molecule has 0 saturated carbocycles. The highest BCUT2D eigenvalue weighted by Crippen LogP contribution is 2.43. The third-order valence-electron chi connectivity index (χ3n) is 4.76. The van der Waals surface area contributed by atoms with Crippen molar-refractivity contribution >= 4 is 11.6 Å². The molecule has 1 aliphatic rings. The molecule has 1 fully saturated rings. The predicted molar refractivity (Wildman–Crippen MR) is 107 cm³/mol. The summed E-state index contributed by atoms with van der Waals surface area (Å²) in [6.45, 7) is 0.446. The number of phenols is 1. The quantitative estimate of drug-likeness (QED) is 0.468. The molecular weight excluding hydrogens is 380 g/mol. The van der Waals surface area contributed by atoms with Gasteiger partial charge in [-0.25, -0.2) is 0 Å². The topological polar surface area (TPSA) is 79.2 Å². The minimum absolute atomic E-state index is 0.00216. The SMILES string of the molecule is Oc1ccccc1[C@H]1O[C@@H](c2ccccc2Cl)OC[C@H]1C/C=C\CCC(O)O. The smallest absolute Gasteiger partial charge is 0.186 e. The van der Waals surface area contributed by atoms with Crippen LogP contribution in [0.1, 0.15) is 42.8 Å². The Kier molecular flexibility index (Phi) is 7.48. The van der Waals surface area contributed by atoms with E-state index < -0.39 is 12.6 Å². The minimum atomic E-state index is -1.30. The van der Waals surface area contributed by atoms with Crippen LogP contribution in [-0.2, 0) is 9.47 Å². The maximum absolute atomic E-state index is 10.3. The Morgan fingerprint density at radius 1 is 1.04 bits per heavy atom. The first kappa shape index (κ1) is 20.8. The van der Waals surface area contributed by atoms with Gasteiger partial charge in [-0.3, -0.25) is 0 Å². The maximum Gasteiger partial charge on any atom is 0.186 e. The van der Waals surface area contributed by atoms with Crippen LogP contribution in [0.2, 0.25) is 5.02 Å². The van der Waals surface area contributed by atoms with Gasteiger partial charge in [0.05, 0.1) is 12.7 Å². The van der Waals surface area contributed by atoms with E-state index in [0.29, 0.717) is 36.5 Å². The van der Waals surface area contributed by atoms with Crippen molar-refractivity contribution in [3.05, 3.63) is 76.8 Å². The summed E-state index contributed by atoms with van der Waals surface area (Å²) in [5, 5.41) is 28.8. The van der Waals surface area contributed by atoms with Gasteiger partial charge in [-0.15, -0.1) is 0 Å². The summed E-state index contributed by atoms with van der Waals surface area (Å²) in [4.78, 5) is 0. The van der Waals surface area contributed by atoms with Crippen LogP contribution >= 0.6 is 11.6 Å². The van der Waals surface area contributed by atoms with Gasteiger partial charge >= 0.3 is 0 Å². The van der Waals surface area contributed by atoms with Gasteiger partial charge < -0.3 is 24.8 Å². The molecule has 0 aromatic heterocycles. The first-order valence-electron chi connectivity index (χ1n) is 9.36. The highest BCUT2D eigenvalue weighted by molar-refractivity contribution is 6.31. The lowest BCUT2D eigenvalue weighted by Gasteiger charge is -2.37. The standard InChI is InChI=1S/C22H25ClO5/c23-18-11-6-4-9-16(18)22-27-14-15(8-2-1-3-13-20(25)26)21(28-22)17-10-5-7-12-19(17)24/h1-2,4-7,9-12,15,20-22,24-26H,3,8,13-14H2/b2-1-/t15-,21+,22+/m1/s1. The van der Waals surface area contributed by atoms with E-state index in [1.54, 1.807) is 18.2 Å². The Morgan fingerprint density at radius 2 is 1.75 bits per heavy atom. The summed E-state index contributed by atoms with van der Waals surface area (Å²) < 4.78 is 12.2. The van der Waals surface area contributed by atoms with E-state index in [1.165, 1.54) is 0 Å². The molecule has 0 amide bonds. The first-order valence-corrected chi connectivity index (χ1v) is 9.74. The van der Waals surface area contributed by atoms with Crippen molar-refractivity contribution in [2.45, 2.75) is 37.9 Å². The number of aromatic hydroxyl groups is 1. The molecule has 0 spiro atoms. The van der Waals surface area contributed by atoms with Gasteiger partial charge in [0.2, 0.25) is 0 Å². The number of aliphatic hydroxyl groups is 2. The van der Waals surface area contributed by atoms with Gasteiger partial charge in [0, 0.05) is 28.5 Å². The fraction of sp³-hybridized carbons (Fsp3) is 0.364. The van der Waals surface area contributed by atoms with Crippen LogP contribution < -0.4 is 0 Å². The Labute approximate surface area is 169 Å². The average Bonchev–Trinajstić information content (AvgIpc) is 2.68. The van der Waals surface area contributed by atoms with E-state index in [4.69, 9.17) is 31.3 Å². The molecule has 1 saturated heterocycles. The lowest BCUT2D eigenvalue weighted by atomic mass is 9.91. The molecule has 0 unspecified atom stereocenters. The fourth-order valence-electron chi connectivity index (χ4n) is 3.29. The highest BCUT2D eigenvalue weighted by Gasteiger charge is 2.35. The minimum Gasteiger partial charge on any atom is -0.508 e. The second kappa shape index (κ2) is 10.0. The molecule has 0 bridgehead atoms. The second-order valence-corrected chi connectivity index (χ2v) is 7.23. The monoisotopic (exact) mass is 404 g/mol. The molecular formula is C22H25ClO5. The molecule has 1 heterocycles. The lowest BCUT2D eigenvalue weighted by molar-refractivity contribution is -0.244. The van der Waals surface area contributed by atoms with Crippen LogP contribution in [-0.4, -0.2) is 28.2 Å². The number of rotatable bonds is 7. The normalized spacial score (nSPS) is 22.8. The van der Waals surface area contributed by atoms with E-state index in [1.807, 2.05) is 42.5 Å². The van der Waals surface area contributed by atoms with E-state index in [-0.39, 0.29) is 17.8 Å². The molecule has 150 valence electrons. The number of hydrogen-bond acceptors (Lipinski definition) is 5. The Morgan fingerprint density at radius 3 is 2.46 bits per heavy atom. The van der Waals surface area contributed by atoms with Crippen LogP contribution in [0.4, 0.5) is 0 Å². The molecule has 0 radical (unpaired) electrons. The molecule has 28 heavy (non-hydrogen) atoms. The van der Waals surface area contributed by atoms with Crippen LogP contribution in [0.15, 0.2) is 60.7 Å². The van der Waals surface area contributed by atoms with E-state index >= 15 is 0 Å². The molecule has 3 rings (SSSR count). The Balaban J connectivity index is 1.77. The van der Waals surface area contributed by atoms with Crippen molar-refractivity contribution in [1.29, 1.82) is 0 Å². The number of halogens is 1. The zero-order valence-corrected chi connectivity index (χ0v) is 16.2. The van der Waals surface area contributed by atoms with Crippen LogP contribution in [0.5, 0.6) is 5.75 Å². The number of para-hydroxylation sites is 1. The fourth-order valence-corrected chi connectivity index (χ4v) is 3.52. The molecule has 3 N–H and O–H groups in total. The van der Waals surface area contributed by atoms with Gasteiger partial charge in [0.15, 0.2) is 12.6 Å². The molecule has 6 heteroatoms. The third-order valence-corrected chi connectivity index (χ3v) is 5.10. The van der Waals surface area contributed by atoms with Crippen molar-refractivity contribution in [1.82, 2.24) is 0 Å². The summed E-state index contributed by atoms with van der Waals surface area (Å²) >= 11 is 6.30. The lowest BCUT2D eigenvalue weighted by Crippen LogP contribution is -2.30. The number of aliphatic hydroxyl groups excluding tert-OH is 1. The zero-order chi connectivity index (χ0) is 19.9. The van der Waals surface area contributed by atoms with Crippen molar-refractivity contribution in [3.8, 4) is 5.75 Å². The van der Waals surface area contributed by atoms with Gasteiger partial charge in [-0.2, -0.15) is 0 Å². The van der Waals surface area contributed by atoms with Gasteiger partial charge in [-0.05, 0) is 25.0 Å². The van der Waals surface area contributed by atoms with Crippen molar-refractivity contribution < 1.29 is 24.8 Å². The molecule has 2 aromatic rings. The Hall–Kier alpha value is -1.89. The van der Waals surface area contributed by atoms with Crippen molar-refractivity contribution in [2.24, 2.45) is 5.92 Å². The highest BCUT2D eigenvalue weighted by atomic mass is 35.5. The van der Waals surface area contributed by atoms with Gasteiger partial charge in [0.25, 0.3) is 0 Å². The van der Waals surface area contributed by atoms with Crippen LogP contribution in [0.25, 0.3) is 0 Å². The Bertz CT molecular complexity index is 792. The predicted octanol–water partition coefficient (Wildman–Crippen LogP) is 4.49. The number of ether oxygens (including phenoxy) is 2. The van der Waals surface area contributed by atoms with Crippen molar-refractivity contribution in [3.63, 3.8) is 0 Å². The van der Waals surface area contributed by atoms with Crippen LogP contribution in [0.3, 0.4) is 0 Å². The summed E-state index contributed by atoms with van der Waals surface area (Å²) in [6.07, 6.45) is 3.20. The number of benzene rings is 2. The van der Waals surface area contributed by atoms with Gasteiger partial charge in [-0.1, -0.05) is 60.2 Å². The van der Waals surface area contributed by atoms with E-state index in [9.17, 15) is 5.11 Å². The summed E-state index contributed by atoms with van der Waals surface area (Å²) in [5.41, 5.74) is 1.47. The van der Waals surface area contributed by atoms with E-state index in [0.717, 1.165) is 5.56 Å².